The molecule has 0 aliphatic carbocycles. The summed E-state index contributed by atoms with van der Waals surface area (Å²) in [4.78, 5) is 12.5. The molecule has 0 heterocycles. The van der Waals surface area contributed by atoms with Gasteiger partial charge in [-0.3, -0.25) is 4.79 Å². The third kappa shape index (κ3) is 4.41. The van der Waals surface area contributed by atoms with Crippen LogP contribution in [0.25, 0.3) is 0 Å². The third-order valence-electron chi connectivity index (χ3n) is 3.32. The van der Waals surface area contributed by atoms with Crippen LogP contribution >= 0.6 is 0 Å². The third-order valence-corrected chi connectivity index (χ3v) is 3.32. The van der Waals surface area contributed by atoms with E-state index in [0.29, 0.717) is 41.7 Å². The van der Waals surface area contributed by atoms with Crippen LogP contribution < -0.4 is 19.5 Å². The smallest absolute Gasteiger partial charge is 0.255 e. The summed E-state index contributed by atoms with van der Waals surface area (Å²) in [6, 6.07) is 12.5. The van der Waals surface area contributed by atoms with Crippen LogP contribution in [0.2, 0.25) is 0 Å². The van der Waals surface area contributed by atoms with Gasteiger partial charge in [0.25, 0.3) is 5.91 Å². The summed E-state index contributed by atoms with van der Waals surface area (Å²) in [5.41, 5.74) is 1.13. The lowest BCUT2D eigenvalue weighted by molar-refractivity contribution is 0.102. The van der Waals surface area contributed by atoms with Gasteiger partial charge in [-0.25, -0.2) is 0 Å². The molecule has 0 spiro atoms. The van der Waals surface area contributed by atoms with E-state index in [9.17, 15) is 4.79 Å². The molecular weight excluding hydrogens is 306 g/mol. The first-order valence-electron chi connectivity index (χ1n) is 8.03. The van der Waals surface area contributed by atoms with Gasteiger partial charge >= 0.3 is 0 Å². The highest BCUT2D eigenvalue weighted by atomic mass is 16.5. The summed E-state index contributed by atoms with van der Waals surface area (Å²) in [5.74, 6) is 1.57. The van der Waals surface area contributed by atoms with Crippen molar-refractivity contribution in [3.63, 3.8) is 0 Å². The molecule has 0 saturated carbocycles. The zero-order valence-electron chi connectivity index (χ0n) is 14.3. The van der Waals surface area contributed by atoms with E-state index < -0.39 is 0 Å². The van der Waals surface area contributed by atoms with Gasteiger partial charge in [0.05, 0.1) is 26.0 Å². The van der Waals surface area contributed by atoms with E-state index in [-0.39, 0.29) is 5.91 Å². The molecule has 5 nitrogen and oxygen atoms in total. The summed E-state index contributed by atoms with van der Waals surface area (Å²) in [7, 11) is 1.57. The van der Waals surface area contributed by atoms with E-state index in [1.54, 1.807) is 25.3 Å². The largest absolute Gasteiger partial charge is 0.493 e. The van der Waals surface area contributed by atoms with Crippen LogP contribution in [-0.4, -0.2) is 26.2 Å². The van der Waals surface area contributed by atoms with Gasteiger partial charge < -0.3 is 19.5 Å². The molecule has 0 radical (unpaired) electrons. The van der Waals surface area contributed by atoms with E-state index in [2.05, 4.69) is 5.32 Å². The van der Waals surface area contributed by atoms with Crippen LogP contribution in [-0.2, 0) is 0 Å². The Morgan fingerprint density at radius 3 is 2.50 bits per heavy atom. The molecule has 5 heteroatoms. The second-order valence-corrected chi connectivity index (χ2v) is 5.10. The van der Waals surface area contributed by atoms with Crippen LogP contribution in [0.15, 0.2) is 42.5 Å². The molecule has 2 rings (SSSR count). The number of nitrogens with one attached hydrogen (secondary N) is 1. The van der Waals surface area contributed by atoms with E-state index in [1.165, 1.54) is 0 Å². The zero-order chi connectivity index (χ0) is 17.4. The quantitative estimate of drug-likeness (QED) is 0.791. The SMILES string of the molecule is CCCOc1ccccc1NC(=O)c1ccc(OC)c(OCC)c1. The second-order valence-electron chi connectivity index (χ2n) is 5.10. The predicted molar refractivity (Wildman–Crippen MR) is 94.3 cm³/mol. The van der Waals surface area contributed by atoms with Crippen molar-refractivity contribution < 1.29 is 19.0 Å². The average Bonchev–Trinajstić information content (AvgIpc) is 2.61. The number of amides is 1. The number of hydrogen-bond donors (Lipinski definition) is 1. The Bertz CT molecular complexity index is 685. The van der Waals surface area contributed by atoms with Crippen LogP contribution in [0.4, 0.5) is 5.69 Å². The van der Waals surface area contributed by atoms with Crippen molar-refractivity contribution in [1.29, 1.82) is 0 Å². The zero-order valence-corrected chi connectivity index (χ0v) is 14.3. The van der Waals surface area contributed by atoms with Crippen LogP contribution in [0, 0.1) is 0 Å². The van der Waals surface area contributed by atoms with Gasteiger partial charge in [0.1, 0.15) is 5.75 Å². The highest BCUT2D eigenvalue weighted by Gasteiger charge is 2.13. The predicted octanol–water partition coefficient (Wildman–Crippen LogP) is 4.14. The first-order chi connectivity index (χ1) is 11.7. The van der Waals surface area contributed by atoms with Gasteiger partial charge in [0, 0.05) is 5.56 Å². The monoisotopic (exact) mass is 329 g/mol. The van der Waals surface area contributed by atoms with Crippen molar-refractivity contribution in [3.8, 4) is 17.2 Å². The number of para-hydroxylation sites is 2. The Morgan fingerprint density at radius 1 is 1.00 bits per heavy atom. The fourth-order valence-electron chi connectivity index (χ4n) is 2.19. The molecule has 0 aliphatic rings. The molecule has 128 valence electrons. The molecule has 0 saturated heterocycles. The van der Waals surface area contributed by atoms with Gasteiger partial charge in [-0.15, -0.1) is 0 Å². The van der Waals surface area contributed by atoms with Crippen molar-refractivity contribution in [2.45, 2.75) is 20.3 Å². The highest BCUT2D eigenvalue weighted by molar-refractivity contribution is 6.05. The fraction of sp³-hybridized carbons (Fsp3) is 0.316. The molecule has 0 fully saturated rings. The summed E-state index contributed by atoms with van der Waals surface area (Å²) >= 11 is 0. The van der Waals surface area contributed by atoms with Crippen molar-refractivity contribution in [2.75, 3.05) is 25.6 Å². The Labute approximate surface area is 142 Å². The number of rotatable bonds is 8. The maximum atomic E-state index is 12.5. The summed E-state index contributed by atoms with van der Waals surface area (Å²) < 4.78 is 16.4. The Morgan fingerprint density at radius 2 is 1.79 bits per heavy atom. The van der Waals surface area contributed by atoms with E-state index in [4.69, 9.17) is 14.2 Å². The summed E-state index contributed by atoms with van der Waals surface area (Å²) in [6.07, 6.45) is 0.901. The van der Waals surface area contributed by atoms with Gasteiger partial charge in [-0.1, -0.05) is 19.1 Å². The minimum absolute atomic E-state index is 0.230. The Balaban J connectivity index is 2.19. The maximum absolute atomic E-state index is 12.5. The average molecular weight is 329 g/mol. The molecule has 0 aliphatic heterocycles. The molecule has 0 aromatic heterocycles. The van der Waals surface area contributed by atoms with Crippen LogP contribution in [0.5, 0.6) is 17.2 Å². The van der Waals surface area contributed by atoms with Crippen LogP contribution in [0.3, 0.4) is 0 Å². The number of carbonyl (C=O) groups excluding carboxylic acids is 1. The van der Waals surface area contributed by atoms with Gasteiger partial charge in [0.15, 0.2) is 11.5 Å². The molecule has 1 N–H and O–H groups in total. The Hall–Kier alpha value is -2.69. The summed E-state index contributed by atoms with van der Waals surface area (Å²) in [6.45, 7) is 5.01. The molecule has 2 aromatic rings. The minimum Gasteiger partial charge on any atom is -0.493 e. The molecule has 0 bridgehead atoms. The number of benzene rings is 2. The van der Waals surface area contributed by atoms with E-state index in [0.717, 1.165) is 6.42 Å². The lowest BCUT2D eigenvalue weighted by Gasteiger charge is -2.13. The maximum Gasteiger partial charge on any atom is 0.255 e. The van der Waals surface area contributed by atoms with Crippen molar-refractivity contribution in [3.05, 3.63) is 48.0 Å². The normalized spacial score (nSPS) is 10.1. The Kier molecular flexibility index (Phi) is 6.49. The van der Waals surface area contributed by atoms with Crippen LogP contribution in [0.1, 0.15) is 30.6 Å². The number of ether oxygens (including phenoxy) is 3. The standard InChI is InChI=1S/C19H23NO4/c1-4-12-24-16-9-7-6-8-15(16)20-19(21)14-10-11-17(22-3)18(13-14)23-5-2/h6-11,13H,4-5,12H2,1-3H3,(H,20,21). The second kappa shape index (κ2) is 8.82. The molecule has 0 atom stereocenters. The lowest BCUT2D eigenvalue weighted by atomic mass is 10.1. The van der Waals surface area contributed by atoms with Gasteiger partial charge in [0.2, 0.25) is 0 Å². The lowest BCUT2D eigenvalue weighted by Crippen LogP contribution is -2.13. The number of methoxy groups -OCH3 is 1. The molecule has 2 aromatic carbocycles. The number of anilines is 1. The highest BCUT2D eigenvalue weighted by Crippen LogP contribution is 2.29. The number of carbonyl (C=O) groups is 1. The minimum atomic E-state index is -0.230. The van der Waals surface area contributed by atoms with E-state index >= 15 is 0 Å². The van der Waals surface area contributed by atoms with Gasteiger partial charge in [-0.05, 0) is 43.7 Å². The molecule has 1 amide bonds. The summed E-state index contributed by atoms with van der Waals surface area (Å²) in [5, 5.41) is 2.88. The molecular formula is C19H23NO4. The first-order valence-corrected chi connectivity index (χ1v) is 8.03. The molecule has 0 unspecified atom stereocenters. The molecule has 24 heavy (non-hydrogen) atoms. The fourth-order valence-corrected chi connectivity index (χ4v) is 2.19. The van der Waals surface area contributed by atoms with Gasteiger partial charge in [-0.2, -0.15) is 0 Å². The van der Waals surface area contributed by atoms with Crippen molar-refractivity contribution in [1.82, 2.24) is 0 Å². The van der Waals surface area contributed by atoms with Crippen molar-refractivity contribution in [2.24, 2.45) is 0 Å². The number of hydrogen-bond acceptors (Lipinski definition) is 4. The topological polar surface area (TPSA) is 56.8 Å². The van der Waals surface area contributed by atoms with E-state index in [1.807, 2.05) is 38.1 Å². The van der Waals surface area contributed by atoms with Crippen molar-refractivity contribution >= 4 is 11.6 Å². The first kappa shape index (κ1) is 17.7.